The molecule has 2 aliphatic rings. The highest BCUT2D eigenvalue weighted by atomic mass is 16.3. The van der Waals surface area contributed by atoms with E-state index in [2.05, 4.69) is 0 Å². The summed E-state index contributed by atoms with van der Waals surface area (Å²) in [6, 6.07) is 0.0428. The van der Waals surface area contributed by atoms with Crippen molar-refractivity contribution in [2.45, 2.75) is 50.1 Å². The molecule has 1 aliphatic heterocycles. The van der Waals surface area contributed by atoms with Gasteiger partial charge in [0.2, 0.25) is 5.91 Å². The van der Waals surface area contributed by atoms with E-state index in [1.54, 1.807) is 0 Å². The number of amides is 1. The number of nitrogens with two attached hydrogens (primary N) is 1. The molecule has 1 saturated heterocycles. The van der Waals surface area contributed by atoms with E-state index in [0.717, 1.165) is 38.6 Å². The number of carbonyl (C=O) groups excluding carboxylic acids is 1. The van der Waals surface area contributed by atoms with Crippen molar-refractivity contribution in [3.63, 3.8) is 0 Å². The number of likely N-dealkylation sites (tertiary alicyclic amines) is 1. The number of carbonyl (C=O) groups is 1. The zero-order valence-corrected chi connectivity index (χ0v) is 9.11. The van der Waals surface area contributed by atoms with E-state index in [1.807, 2.05) is 4.90 Å². The molecule has 1 saturated carbocycles. The number of nitrogens with zero attached hydrogens (tertiary/aromatic N) is 1. The summed E-state index contributed by atoms with van der Waals surface area (Å²) in [7, 11) is 0. The lowest BCUT2D eigenvalue weighted by Gasteiger charge is -2.39. The highest BCUT2D eigenvalue weighted by Gasteiger charge is 2.38. The maximum absolute atomic E-state index is 12.0. The molecule has 0 aromatic heterocycles. The van der Waals surface area contributed by atoms with Gasteiger partial charge in [0.1, 0.15) is 0 Å². The summed E-state index contributed by atoms with van der Waals surface area (Å²) in [6.07, 6.45) is 5.48. The van der Waals surface area contributed by atoms with Crippen molar-refractivity contribution in [3.05, 3.63) is 0 Å². The third-order valence-corrected chi connectivity index (χ3v) is 3.76. The summed E-state index contributed by atoms with van der Waals surface area (Å²) in [4.78, 5) is 13.8. The second-order valence-corrected chi connectivity index (χ2v) is 4.96. The lowest BCUT2D eigenvalue weighted by Crippen LogP contribution is -2.51. The molecular formula is C11H20N2O2. The Labute approximate surface area is 90.4 Å². The van der Waals surface area contributed by atoms with Gasteiger partial charge >= 0.3 is 0 Å². The predicted molar refractivity (Wildman–Crippen MR) is 57.2 cm³/mol. The molecule has 0 unspecified atom stereocenters. The molecule has 2 fully saturated rings. The van der Waals surface area contributed by atoms with Crippen molar-refractivity contribution >= 4 is 5.91 Å². The largest absolute Gasteiger partial charge is 0.394 e. The third kappa shape index (κ3) is 2.16. The Kier molecular flexibility index (Phi) is 2.98. The van der Waals surface area contributed by atoms with Crippen molar-refractivity contribution < 1.29 is 9.90 Å². The van der Waals surface area contributed by atoms with Gasteiger partial charge in [-0.15, -0.1) is 0 Å². The van der Waals surface area contributed by atoms with Crippen LogP contribution in [-0.4, -0.2) is 40.6 Å². The third-order valence-electron chi connectivity index (χ3n) is 3.76. The fourth-order valence-corrected chi connectivity index (χ4v) is 2.56. The summed E-state index contributed by atoms with van der Waals surface area (Å²) in [5.41, 5.74) is 5.81. The maximum Gasteiger partial charge on any atom is 0.224 e. The molecule has 0 aromatic rings. The van der Waals surface area contributed by atoms with Crippen LogP contribution in [0.2, 0.25) is 0 Å². The highest BCUT2D eigenvalue weighted by molar-refractivity contribution is 5.78. The molecule has 1 heterocycles. The van der Waals surface area contributed by atoms with Crippen molar-refractivity contribution in [3.8, 4) is 0 Å². The maximum atomic E-state index is 12.0. The Balaban J connectivity index is 1.89. The molecule has 0 aromatic carbocycles. The Morgan fingerprint density at radius 2 is 2.20 bits per heavy atom. The average Bonchev–Trinajstić information content (AvgIpc) is 2.62. The molecule has 3 N–H and O–H groups in total. The van der Waals surface area contributed by atoms with Gasteiger partial charge in [-0.2, -0.15) is 0 Å². The van der Waals surface area contributed by atoms with Gasteiger partial charge in [-0.1, -0.05) is 0 Å². The fourth-order valence-electron chi connectivity index (χ4n) is 2.56. The molecule has 0 spiro atoms. The Hall–Kier alpha value is -0.610. The van der Waals surface area contributed by atoms with E-state index in [0.29, 0.717) is 6.42 Å². The first-order valence-electron chi connectivity index (χ1n) is 5.84. The minimum Gasteiger partial charge on any atom is -0.394 e. The quantitative estimate of drug-likeness (QED) is 0.704. The van der Waals surface area contributed by atoms with Crippen molar-refractivity contribution in [2.24, 2.45) is 5.73 Å². The Morgan fingerprint density at radius 3 is 2.73 bits per heavy atom. The van der Waals surface area contributed by atoms with Crippen LogP contribution in [0.25, 0.3) is 0 Å². The van der Waals surface area contributed by atoms with Gasteiger partial charge < -0.3 is 15.7 Å². The van der Waals surface area contributed by atoms with Crippen molar-refractivity contribution in [1.82, 2.24) is 4.90 Å². The molecule has 4 nitrogen and oxygen atoms in total. The zero-order valence-electron chi connectivity index (χ0n) is 9.11. The monoisotopic (exact) mass is 212 g/mol. The van der Waals surface area contributed by atoms with E-state index >= 15 is 0 Å². The van der Waals surface area contributed by atoms with Crippen molar-refractivity contribution in [1.29, 1.82) is 0 Å². The van der Waals surface area contributed by atoms with Gasteiger partial charge in [-0.05, 0) is 32.1 Å². The SMILES string of the molecule is NC1(CC(=O)N2CCC[C@@H]2CO)CCC1. The van der Waals surface area contributed by atoms with Crippen LogP contribution in [0.4, 0.5) is 0 Å². The number of hydrogen-bond acceptors (Lipinski definition) is 3. The van der Waals surface area contributed by atoms with Crippen LogP contribution in [0, 0.1) is 0 Å². The highest BCUT2D eigenvalue weighted by Crippen LogP contribution is 2.33. The van der Waals surface area contributed by atoms with Gasteiger partial charge in [0.25, 0.3) is 0 Å². The zero-order chi connectivity index (χ0) is 10.9. The van der Waals surface area contributed by atoms with Crippen LogP contribution in [-0.2, 0) is 4.79 Å². The molecule has 0 bridgehead atoms. The van der Waals surface area contributed by atoms with Gasteiger partial charge in [-0.3, -0.25) is 4.79 Å². The molecule has 1 amide bonds. The van der Waals surface area contributed by atoms with Gasteiger partial charge in [0, 0.05) is 18.5 Å². The van der Waals surface area contributed by atoms with E-state index in [4.69, 9.17) is 10.8 Å². The Morgan fingerprint density at radius 1 is 1.47 bits per heavy atom. The van der Waals surface area contributed by atoms with Crippen LogP contribution in [0.15, 0.2) is 0 Å². The number of aliphatic hydroxyl groups excluding tert-OH is 1. The predicted octanol–water partition coefficient (Wildman–Crippen LogP) is 0.241. The first kappa shape index (κ1) is 10.9. The first-order valence-corrected chi connectivity index (χ1v) is 5.84. The van der Waals surface area contributed by atoms with E-state index in [1.165, 1.54) is 0 Å². The second kappa shape index (κ2) is 4.10. The van der Waals surface area contributed by atoms with Crippen molar-refractivity contribution in [2.75, 3.05) is 13.2 Å². The minimum atomic E-state index is -0.236. The van der Waals surface area contributed by atoms with Crippen LogP contribution >= 0.6 is 0 Å². The molecule has 2 rings (SSSR count). The molecule has 86 valence electrons. The number of rotatable bonds is 3. The summed E-state index contributed by atoms with van der Waals surface area (Å²) < 4.78 is 0. The normalized spacial score (nSPS) is 28.9. The Bertz CT molecular complexity index is 251. The van der Waals surface area contributed by atoms with Crippen LogP contribution in [0.5, 0.6) is 0 Å². The number of hydrogen-bond donors (Lipinski definition) is 2. The van der Waals surface area contributed by atoms with Gasteiger partial charge in [0.15, 0.2) is 0 Å². The average molecular weight is 212 g/mol. The lowest BCUT2D eigenvalue weighted by molar-refractivity contribution is -0.134. The van der Waals surface area contributed by atoms with Crippen LogP contribution < -0.4 is 5.73 Å². The topological polar surface area (TPSA) is 66.6 Å². The first-order chi connectivity index (χ1) is 7.14. The van der Waals surface area contributed by atoms with Crippen LogP contribution in [0.1, 0.15) is 38.5 Å². The standard InChI is InChI=1S/C11H20N2O2/c12-11(4-2-5-11)7-10(15)13-6-1-3-9(13)8-14/h9,14H,1-8,12H2/t9-/m1/s1. The molecule has 4 heteroatoms. The second-order valence-electron chi connectivity index (χ2n) is 4.96. The van der Waals surface area contributed by atoms with E-state index in [-0.39, 0.29) is 24.1 Å². The lowest BCUT2D eigenvalue weighted by atomic mass is 9.75. The summed E-state index contributed by atoms with van der Waals surface area (Å²) >= 11 is 0. The summed E-state index contributed by atoms with van der Waals surface area (Å²) in [6.45, 7) is 0.878. The molecule has 15 heavy (non-hydrogen) atoms. The summed E-state index contributed by atoms with van der Waals surface area (Å²) in [5.74, 6) is 0.133. The molecule has 1 aliphatic carbocycles. The molecular weight excluding hydrogens is 192 g/mol. The van der Waals surface area contributed by atoms with Crippen LogP contribution in [0.3, 0.4) is 0 Å². The van der Waals surface area contributed by atoms with E-state index < -0.39 is 0 Å². The smallest absolute Gasteiger partial charge is 0.224 e. The fraction of sp³-hybridized carbons (Fsp3) is 0.909. The minimum absolute atomic E-state index is 0.0428. The van der Waals surface area contributed by atoms with E-state index in [9.17, 15) is 4.79 Å². The van der Waals surface area contributed by atoms with Gasteiger partial charge in [0.05, 0.1) is 12.6 Å². The molecule has 0 radical (unpaired) electrons. The van der Waals surface area contributed by atoms with Gasteiger partial charge in [-0.25, -0.2) is 0 Å². The summed E-state index contributed by atoms with van der Waals surface area (Å²) in [5, 5.41) is 9.13. The molecule has 1 atom stereocenters. The number of aliphatic hydroxyl groups is 1.